The van der Waals surface area contributed by atoms with Gasteiger partial charge in [-0.05, 0) is 62.0 Å². The molecule has 1 aromatic carbocycles. The number of nitrogens with one attached hydrogen (secondary N) is 1. The summed E-state index contributed by atoms with van der Waals surface area (Å²) in [7, 11) is 3.84. The van der Waals surface area contributed by atoms with E-state index in [1.165, 1.54) is 31.3 Å². The highest BCUT2D eigenvalue weighted by Gasteiger charge is 2.28. The zero-order valence-corrected chi connectivity index (χ0v) is 18.1. The fraction of sp³-hybridized carbons (Fsp3) is 0.478. The minimum Gasteiger partial charge on any atom is -0.366 e. The van der Waals surface area contributed by atoms with Crippen LogP contribution in [-0.4, -0.2) is 53.4 Å². The van der Waals surface area contributed by atoms with Gasteiger partial charge in [0.05, 0.1) is 5.56 Å². The Kier molecular flexibility index (Phi) is 7.68. The van der Waals surface area contributed by atoms with E-state index in [9.17, 15) is 14.0 Å². The van der Waals surface area contributed by atoms with E-state index < -0.39 is 11.7 Å². The number of benzene rings is 1. The highest BCUT2D eigenvalue weighted by atomic mass is 19.1. The maximum Gasteiger partial charge on any atom is 0.251 e. The minimum absolute atomic E-state index is 0.0170. The fourth-order valence-corrected chi connectivity index (χ4v) is 3.74. The molecule has 31 heavy (non-hydrogen) atoms. The standard InChI is InChI=1S/C23H30FN5O2/c1-29(2)19(8-16-5-6-20(23(25)31)21(24)9-16)13-28-22(30)10-17(7-15-3-4-15)18-11-26-14-27-12-18/h5-6,9,11-12,14-15,17,19H,3-4,7-8,10,13H2,1-2H3,(H2,25,31)(H,28,30)/t17-,19+/m1/s1. The van der Waals surface area contributed by atoms with Crippen LogP contribution in [0.4, 0.5) is 4.39 Å². The molecule has 0 radical (unpaired) electrons. The maximum atomic E-state index is 14.1. The lowest BCUT2D eigenvalue weighted by Crippen LogP contribution is -2.42. The normalized spacial score (nSPS) is 15.5. The second-order valence-electron chi connectivity index (χ2n) is 8.56. The molecule has 1 aliphatic carbocycles. The van der Waals surface area contributed by atoms with Crippen molar-refractivity contribution in [1.82, 2.24) is 20.2 Å². The molecule has 0 aliphatic heterocycles. The highest BCUT2D eigenvalue weighted by molar-refractivity contribution is 5.93. The monoisotopic (exact) mass is 427 g/mol. The molecular formula is C23H30FN5O2. The summed E-state index contributed by atoms with van der Waals surface area (Å²) < 4.78 is 14.1. The van der Waals surface area contributed by atoms with Crippen LogP contribution >= 0.6 is 0 Å². The van der Waals surface area contributed by atoms with E-state index in [4.69, 9.17) is 5.73 Å². The van der Waals surface area contributed by atoms with Crippen molar-refractivity contribution in [2.45, 2.75) is 44.1 Å². The van der Waals surface area contributed by atoms with Crippen LogP contribution < -0.4 is 11.1 Å². The summed E-state index contributed by atoms with van der Waals surface area (Å²) in [5.41, 5.74) is 6.79. The molecular weight excluding hydrogens is 397 g/mol. The van der Waals surface area contributed by atoms with Crippen LogP contribution in [0.2, 0.25) is 0 Å². The Labute approximate surface area is 182 Å². The number of carbonyl (C=O) groups excluding carboxylic acids is 2. The zero-order chi connectivity index (χ0) is 22.4. The van der Waals surface area contributed by atoms with Crippen molar-refractivity contribution in [2.24, 2.45) is 11.7 Å². The first-order chi connectivity index (χ1) is 14.8. The number of rotatable bonds is 11. The van der Waals surface area contributed by atoms with E-state index in [2.05, 4.69) is 15.3 Å². The van der Waals surface area contributed by atoms with Crippen LogP contribution in [-0.2, 0) is 11.2 Å². The summed E-state index contributed by atoms with van der Waals surface area (Å²) in [6.07, 6.45) is 9.43. The Hall–Kier alpha value is -2.87. The molecule has 2 atom stereocenters. The molecule has 3 rings (SSSR count). The third kappa shape index (κ3) is 6.82. The Bertz CT molecular complexity index is 902. The average molecular weight is 428 g/mol. The maximum absolute atomic E-state index is 14.1. The molecule has 7 nitrogen and oxygen atoms in total. The lowest BCUT2D eigenvalue weighted by atomic mass is 9.92. The van der Waals surface area contributed by atoms with Crippen molar-refractivity contribution in [2.75, 3.05) is 20.6 Å². The van der Waals surface area contributed by atoms with Crippen LogP contribution in [0.3, 0.4) is 0 Å². The predicted molar refractivity (Wildman–Crippen MR) is 116 cm³/mol. The number of likely N-dealkylation sites (N-methyl/N-ethyl adjacent to an activating group) is 1. The van der Waals surface area contributed by atoms with Gasteiger partial charge in [0.15, 0.2) is 0 Å². The molecule has 166 valence electrons. The molecule has 1 aromatic heterocycles. The first-order valence-electron chi connectivity index (χ1n) is 10.6. The second kappa shape index (κ2) is 10.4. The number of primary amides is 1. The fourth-order valence-electron chi connectivity index (χ4n) is 3.74. The largest absolute Gasteiger partial charge is 0.366 e. The van der Waals surface area contributed by atoms with E-state index in [1.807, 2.05) is 19.0 Å². The van der Waals surface area contributed by atoms with Crippen molar-refractivity contribution in [3.63, 3.8) is 0 Å². The van der Waals surface area contributed by atoms with Gasteiger partial charge in [0.25, 0.3) is 5.91 Å². The molecule has 1 heterocycles. The van der Waals surface area contributed by atoms with Gasteiger partial charge in [-0.3, -0.25) is 9.59 Å². The van der Waals surface area contributed by atoms with Gasteiger partial charge >= 0.3 is 0 Å². The van der Waals surface area contributed by atoms with E-state index in [0.29, 0.717) is 25.3 Å². The first-order valence-corrected chi connectivity index (χ1v) is 10.6. The molecule has 2 aromatic rings. The van der Waals surface area contributed by atoms with Gasteiger partial charge in [-0.2, -0.15) is 0 Å². The number of halogens is 1. The van der Waals surface area contributed by atoms with Gasteiger partial charge in [0.1, 0.15) is 12.1 Å². The van der Waals surface area contributed by atoms with Gasteiger partial charge in [-0.25, -0.2) is 14.4 Å². The van der Waals surface area contributed by atoms with Gasteiger partial charge in [-0.1, -0.05) is 18.9 Å². The average Bonchev–Trinajstić information content (AvgIpc) is 3.55. The Morgan fingerprint density at radius 2 is 1.97 bits per heavy atom. The van der Waals surface area contributed by atoms with Crippen LogP contribution in [0.25, 0.3) is 0 Å². The highest BCUT2D eigenvalue weighted by Crippen LogP contribution is 2.39. The Balaban J connectivity index is 1.58. The quantitative estimate of drug-likeness (QED) is 0.573. The minimum atomic E-state index is -0.787. The summed E-state index contributed by atoms with van der Waals surface area (Å²) >= 11 is 0. The predicted octanol–water partition coefficient (Wildman–Crippen LogP) is 2.28. The number of amides is 2. The molecule has 0 unspecified atom stereocenters. The zero-order valence-electron chi connectivity index (χ0n) is 18.1. The van der Waals surface area contributed by atoms with Gasteiger partial charge < -0.3 is 16.0 Å². The summed E-state index contributed by atoms with van der Waals surface area (Å²) in [4.78, 5) is 34.1. The molecule has 1 saturated carbocycles. The van der Waals surface area contributed by atoms with E-state index in [1.54, 1.807) is 18.5 Å². The van der Waals surface area contributed by atoms with Crippen molar-refractivity contribution >= 4 is 11.8 Å². The molecule has 1 aliphatic rings. The number of nitrogens with zero attached hydrogens (tertiary/aromatic N) is 3. The summed E-state index contributed by atoms with van der Waals surface area (Å²) in [5, 5.41) is 3.03. The third-order valence-corrected chi connectivity index (χ3v) is 5.83. The number of aromatic nitrogens is 2. The van der Waals surface area contributed by atoms with Crippen LogP contribution in [0.5, 0.6) is 0 Å². The van der Waals surface area contributed by atoms with Crippen molar-refractivity contribution in [3.8, 4) is 0 Å². The lowest BCUT2D eigenvalue weighted by molar-refractivity contribution is -0.121. The third-order valence-electron chi connectivity index (χ3n) is 5.83. The van der Waals surface area contributed by atoms with E-state index >= 15 is 0 Å². The number of nitrogens with two attached hydrogens (primary N) is 1. The number of hydrogen-bond acceptors (Lipinski definition) is 5. The molecule has 0 bridgehead atoms. The second-order valence-corrected chi connectivity index (χ2v) is 8.56. The Morgan fingerprint density at radius 3 is 2.55 bits per heavy atom. The molecule has 0 saturated heterocycles. The summed E-state index contributed by atoms with van der Waals surface area (Å²) in [5.74, 6) is -0.631. The Morgan fingerprint density at radius 1 is 1.26 bits per heavy atom. The molecule has 3 N–H and O–H groups in total. The van der Waals surface area contributed by atoms with Crippen LogP contribution in [0.15, 0.2) is 36.9 Å². The van der Waals surface area contributed by atoms with Gasteiger partial charge in [0, 0.05) is 31.4 Å². The van der Waals surface area contributed by atoms with Gasteiger partial charge in [-0.15, -0.1) is 0 Å². The smallest absolute Gasteiger partial charge is 0.251 e. The van der Waals surface area contributed by atoms with Crippen molar-refractivity contribution in [1.29, 1.82) is 0 Å². The van der Waals surface area contributed by atoms with Crippen LogP contribution in [0.1, 0.15) is 53.1 Å². The topological polar surface area (TPSA) is 101 Å². The van der Waals surface area contributed by atoms with Crippen molar-refractivity contribution in [3.05, 3.63) is 59.4 Å². The van der Waals surface area contributed by atoms with Crippen LogP contribution in [0, 0.1) is 11.7 Å². The first kappa shape index (κ1) is 22.8. The summed E-state index contributed by atoms with van der Waals surface area (Å²) in [6, 6.07) is 4.41. The SMILES string of the molecule is CN(C)[C@H](CNC(=O)C[C@@H](CC1CC1)c1cncnc1)Cc1ccc(C(N)=O)c(F)c1. The number of carbonyl (C=O) groups is 2. The molecule has 8 heteroatoms. The number of hydrogen-bond donors (Lipinski definition) is 2. The molecule has 1 fully saturated rings. The van der Waals surface area contributed by atoms with E-state index in [-0.39, 0.29) is 23.4 Å². The van der Waals surface area contributed by atoms with Gasteiger partial charge in [0.2, 0.25) is 5.91 Å². The lowest BCUT2D eigenvalue weighted by Gasteiger charge is -2.25. The molecule has 0 spiro atoms. The molecule has 2 amide bonds. The van der Waals surface area contributed by atoms with E-state index in [0.717, 1.165) is 17.5 Å². The van der Waals surface area contributed by atoms with Crippen molar-refractivity contribution < 1.29 is 14.0 Å². The summed E-state index contributed by atoms with van der Waals surface area (Å²) in [6.45, 7) is 0.437.